The molecule has 0 aliphatic carbocycles. The van der Waals surface area contributed by atoms with Crippen LogP contribution in [0.25, 0.3) is 0 Å². The van der Waals surface area contributed by atoms with Crippen LogP contribution in [-0.2, 0) is 0 Å². The Balaban J connectivity index is 2.68. The summed E-state index contributed by atoms with van der Waals surface area (Å²) in [6.07, 6.45) is 7.20. The van der Waals surface area contributed by atoms with Crippen molar-refractivity contribution in [3.8, 4) is 0 Å². The third kappa shape index (κ3) is 2.92. The van der Waals surface area contributed by atoms with Crippen LogP contribution >= 0.6 is 0 Å². The highest BCUT2D eigenvalue weighted by Gasteiger charge is 2.09. The van der Waals surface area contributed by atoms with Gasteiger partial charge in [0, 0.05) is 24.0 Å². The second-order valence-corrected chi connectivity index (χ2v) is 3.32. The Bertz CT molecular complexity index is 282. The number of nitrogens with zero attached hydrogens (tertiary/aromatic N) is 2. The first-order chi connectivity index (χ1) is 6.77. The van der Waals surface area contributed by atoms with Crippen LogP contribution in [0.3, 0.4) is 0 Å². The minimum atomic E-state index is 0.281. The topological polar surface area (TPSA) is 37.8 Å². The predicted octanol–water partition coefficient (Wildman–Crippen LogP) is 2.09. The molecule has 1 unspecified atom stereocenters. The first-order valence-electron chi connectivity index (χ1n) is 4.86. The van der Waals surface area contributed by atoms with E-state index in [0.29, 0.717) is 0 Å². The van der Waals surface area contributed by atoms with Crippen molar-refractivity contribution in [1.29, 1.82) is 0 Å². The highest BCUT2D eigenvalue weighted by Crippen LogP contribution is 2.19. The normalized spacial score (nSPS) is 12.4. The Labute approximate surface area is 85.3 Å². The Kier molecular flexibility index (Phi) is 4.26. The van der Waals surface area contributed by atoms with E-state index in [1.807, 2.05) is 19.4 Å². The largest absolute Gasteiger partial charge is 0.313 e. The summed E-state index contributed by atoms with van der Waals surface area (Å²) in [5.41, 5.74) is 2.36. The fraction of sp³-hybridized carbons (Fsp3) is 0.455. The van der Waals surface area contributed by atoms with E-state index >= 15 is 0 Å². The van der Waals surface area contributed by atoms with Crippen molar-refractivity contribution in [1.82, 2.24) is 15.3 Å². The van der Waals surface area contributed by atoms with Crippen molar-refractivity contribution in [2.45, 2.75) is 25.8 Å². The van der Waals surface area contributed by atoms with Gasteiger partial charge in [-0.3, -0.25) is 0 Å². The molecule has 3 nitrogen and oxygen atoms in total. The van der Waals surface area contributed by atoms with Crippen molar-refractivity contribution >= 4 is 0 Å². The monoisotopic (exact) mass is 191 g/mol. The van der Waals surface area contributed by atoms with Gasteiger partial charge in [0.25, 0.3) is 0 Å². The smallest absolute Gasteiger partial charge is 0.115 e. The van der Waals surface area contributed by atoms with E-state index in [-0.39, 0.29) is 6.04 Å². The molecular weight excluding hydrogens is 174 g/mol. The zero-order valence-corrected chi connectivity index (χ0v) is 8.83. The molecule has 0 bridgehead atoms. The van der Waals surface area contributed by atoms with Crippen LogP contribution in [0.5, 0.6) is 0 Å². The molecule has 1 atom stereocenters. The second kappa shape index (κ2) is 5.50. The average Bonchev–Trinajstić information content (AvgIpc) is 2.26. The summed E-state index contributed by atoms with van der Waals surface area (Å²) in [7, 11) is 1.95. The maximum absolute atomic E-state index is 4.01. The van der Waals surface area contributed by atoms with Crippen molar-refractivity contribution in [2.75, 3.05) is 7.05 Å². The average molecular weight is 191 g/mol. The lowest BCUT2D eigenvalue weighted by Crippen LogP contribution is -2.17. The van der Waals surface area contributed by atoms with Crippen LogP contribution in [0.15, 0.2) is 30.9 Å². The lowest BCUT2D eigenvalue weighted by Gasteiger charge is -2.16. The molecule has 14 heavy (non-hydrogen) atoms. The molecule has 0 aromatic carbocycles. The van der Waals surface area contributed by atoms with Crippen molar-refractivity contribution in [2.24, 2.45) is 0 Å². The third-order valence-corrected chi connectivity index (χ3v) is 2.32. The molecule has 3 heteroatoms. The van der Waals surface area contributed by atoms with E-state index in [4.69, 9.17) is 0 Å². The minimum Gasteiger partial charge on any atom is -0.313 e. The molecule has 0 radical (unpaired) electrons. The standard InChI is InChI=1S/C11H17N3/c1-4-9(2)5-11(12-3)10-6-13-8-14-7-10/h6-8,11-12H,2,4-5H2,1,3H3. The van der Waals surface area contributed by atoms with Crippen LogP contribution in [0.1, 0.15) is 31.4 Å². The number of hydrogen-bond acceptors (Lipinski definition) is 3. The lowest BCUT2D eigenvalue weighted by atomic mass is 10.0. The van der Waals surface area contributed by atoms with E-state index in [2.05, 4.69) is 28.8 Å². The van der Waals surface area contributed by atoms with Gasteiger partial charge in [-0.15, -0.1) is 0 Å². The summed E-state index contributed by atoms with van der Waals surface area (Å²) in [5.74, 6) is 0. The number of rotatable bonds is 5. The summed E-state index contributed by atoms with van der Waals surface area (Å²) in [5, 5.41) is 3.24. The first kappa shape index (κ1) is 10.9. The molecule has 1 aromatic rings. The fourth-order valence-electron chi connectivity index (χ4n) is 1.31. The van der Waals surface area contributed by atoms with Gasteiger partial charge in [0.1, 0.15) is 6.33 Å². The summed E-state index contributed by atoms with van der Waals surface area (Å²) in [4.78, 5) is 8.01. The van der Waals surface area contributed by atoms with Gasteiger partial charge in [0.05, 0.1) is 0 Å². The number of hydrogen-bond donors (Lipinski definition) is 1. The quantitative estimate of drug-likeness (QED) is 0.724. The molecule has 0 aliphatic rings. The zero-order valence-electron chi connectivity index (χ0n) is 8.83. The Morgan fingerprint density at radius 1 is 1.50 bits per heavy atom. The summed E-state index contributed by atoms with van der Waals surface area (Å²) < 4.78 is 0. The van der Waals surface area contributed by atoms with E-state index in [1.54, 1.807) is 6.33 Å². The van der Waals surface area contributed by atoms with Gasteiger partial charge in [0.15, 0.2) is 0 Å². The predicted molar refractivity (Wildman–Crippen MR) is 57.9 cm³/mol. The van der Waals surface area contributed by atoms with E-state index < -0.39 is 0 Å². The number of aromatic nitrogens is 2. The summed E-state index contributed by atoms with van der Waals surface area (Å²) in [6.45, 7) is 6.13. The van der Waals surface area contributed by atoms with Crippen LogP contribution < -0.4 is 5.32 Å². The molecule has 1 heterocycles. The summed E-state index contributed by atoms with van der Waals surface area (Å²) >= 11 is 0. The molecule has 1 N–H and O–H groups in total. The molecule has 0 amide bonds. The van der Waals surface area contributed by atoms with Crippen LogP contribution in [0.2, 0.25) is 0 Å². The molecule has 0 fully saturated rings. The van der Waals surface area contributed by atoms with Crippen molar-refractivity contribution < 1.29 is 0 Å². The molecule has 0 saturated heterocycles. The number of nitrogens with one attached hydrogen (secondary N) is 1. The van der Waals surface area contributed by atoms with Crippen molar-refractivity contribution in [3.05, 3.63) is 36.4 Å². The first-order valence-corrected chi connectivity index (χ1v) is 4.86. The van der Waals surface area contributed by atoms with Gasteiger partial charge in [-0.2, -0.15) is 0 Å². The highest BCUT2D eigenvalue weighted by atomic mass is 14.9. The van der Waals surface area contributed by atoms with Crippen LogP contribution in [0, 0.1) is 0 Å². The van der Waals surface area contributed by atoms with Gasteiger partial charge in [0.2, 0.25) is 0 Å². The van der Waals surface area contributed by atoms with Gasteiger partial charge >= 0.3 is 0 Å². The van der Waals surface area contributed by atoms with Gasteiger partial charge < -0.3 is 5.32 Å². The Morgan fingerprint density at radius 3 is 2.64 bits per heavy atom. The molecule has 0 saturated carbocycles. The van der Waals surface area contributed by atoms with Crippen LogP contribution in [-0.4, -0.2) is 17.0 Å². The van der Waals surface area contributed by atoms with E-state index in [1.165, 1.54) is 5.57 Å². The Hall–Kier alpha value is -1.22. The highest BCUT2D eigenvalue weighted by molar-refractivity contribution is 5.12. The minimum absolute atomic E-state index is 0.281. The molecular formula is C11H17N3. The molecule has 76 valence electrons. The molecule has 1 aromatic heterocycles. The van der Waals surface area contributed by atoms with E-state index in [0.717, 1.165) is 18.4 Å². The molecule has 1 rings (SSSR count). The Morgan fingerprint density at radius 2 is 2.14 bits per heavy atom. The van der Waals surface area contributed by atoms with Crippen LogP contribution in [0.4, 0.5) is 0 Å². The van der Waals surface area contributed by atoms with E-state index in [9.17, 15) is 0 Å². The SMILES string of the molecule is C=C(CC)CC(NC)c1cncnc1. The second-order valence-electron chi connectivity index (χ2n) is 3.32. The lowest BCUT2D eigenvalue weighted by molar-refractivity contribution is 0.578. The van der Waals surface area contributed by atoms with Gasteiger partial charge in [-0.1, -0.05) is 19.1 Å². The molecule has 0 spiro atoms. The summed E-state index contributed by atoms with van der Waals surface area (Å²) in [6, 6.07) is 0.281. The maximum atomic E-state index is 4.01. The van der Waals surface area contributed by atoms with Crippen molar-refractivity contribution in [3.63, 3.8) is 0 Å². The molecule has 0 aliphatic heterocycles. The fourth-order valence-corrected chi connectivity index (χ4v) is 1.31. The zero-order chi connectivity index (χ0) is 10.4. The maximum Gasteiger partial charge on any atom is 0.115 e. The van der Waals surface area contributed by atoms with Gasteiger partial charge in [-0.05, 0) is 19.9 Å². The van der Waals surface area contributed by atoms with Gasteiger partial charge in [-0.25, -0.2) is 9.97 Å². The third-order valence-electron chi connectivity index (χ3n) is 2.32.